The molecule has 0 saturated heterocycles. The average Bonchev–Trinajstić information content (AvgIpc) is 3.22. The molecule has 0 unspecified atom stereocenters. The van der Waals surface area contributed by atoms with Crippen molar-refractivity contribution in [1.82, 2.24) is 5.32 Å². The van der Waals surface area contributed by atoms with Gasteiger partial charge in [-0.15, -0.1) is 0 Å². The van der Waals surface area contributed by atoms with Crippen molar-refractivity contribution < 1.29 is 18.0 Å². The number of sulfone groups is 1. The first-order valence-corrected chi connectivity index (χ1v) is 8.63. The molecule has 2 amide bonds. The summed E-state index contributed by atoms with van der Waals surface area (Å²) >= 11 is 0. The minimum Gasteiger partial charge on any atom is -0.349 e. The Hall–Kier alpha value is -1.89. The molecule has 1 aromatic carbocycles. The van der Waals surface area contributed by atoms with Crippen LogP contribution in [0, 0.1) is 0 Å². The lowest BCUT2D eigenvalue weighted by atomic mass is 10.1. The van der Waals surface area contributed by atoms with Crippen LogP contribution < -0.4 is 10.6 Å². The summed E-state index contributed by atoms with van der Waals surface area (Å²) in [5.41, 5.74) is 0.665. The molecule has 1 fully saturated rings. The highest BCUT2D eigenvalue weighted by molar-refractivity contribution is 7.92. The van der Waals surface area contributed by atoms with Gasteiger partial charge in [0.1, 0.15) is 5.75 Å². The highest BCUT2D eigenvalue weighted by atomic mass is 32.2. The van der Waals surface area contributed by atoms with E-state index < -0.39 is 21.5 Å². The van der Waals surface area contributed by atoms with Gasteiger partial charge in [0.2, 0.25) is 5.91 Å². The normalized spacial score (nSPS) is 14.5. The Kier molecular flexibility index (Phi) is 4.62. The average molecular weight is 310 g/mol. The molecule has 0 aliphatic heterocycles. The molecule has 0 heterocycles. The summed E-state index contributed by atoms with van der Waals surface area (Å²) < 4.78 is 22.9. The van der Waals surface area contributed by atoms with E-state index in [1.54, 1.807) is 24.3 Å². The summed E-state index contributed by atoms with van der Waals surface area (Å²) in [4.78, 5) is 23.8. The van der Waals surface area contributed by atoms with E-state index >= 15 is 0 Å². The molecule has 1 saturated carbocycles. The van der Waals surface area contributed by atoms with E-state index in [9.17, 15) is 18.0 Å². The lowest BCUT2D eigenvalue weighted by Gasteiger charge is -2.11. The molecule has 0 spiro atoms. The van der Waals surface area contributed by atoms with Crippen LogP contribution in [0.1, 0.15) is 30.1 Å². The van der Waals surface area contributed by atoms with E-state index in [0.29, 0.717) is 11.3 Å². The molecule has 0 radical (unpaired) electrons. The van der Waals surface area contributed by atoms with Crippen molar-refractivity contribution >= 4 is 27.3 Å². The van der Waals surface area contributed by atoms with Gasteiger partial charge in [-0.25, -0.2) is 8.42 Å². The van der Waals surface area contributed by atoms with Gasteiger partial charge < -0.3 is 10.6 Å². The van der Waals surface area contributed by atoms with E-state index in [2.05, 4.69) is 10.6 Å². The Morgan fingerprint density at radius 3 is 2.52 bits per heavy atom. The van der Waals surface area contributed by atoms with Crippen LogP contribution in [0.5, 0.6) is 0 Å². The zero-order valence-electron chi connectivity index (χ0n) is 11.8. The molecule has 1 aromatic rings. The van der Waals surface area contributed by atoms with Crippen molar-refractivity contribution in [3.63, 3.8) is 0 Å². The molecule has 0 bridgehead atoms. The number of hydrogen-bond donors (Lipinski definition) is 2. The highest BCUT2D eigenvalue weighted by Gasteiger charge is 2.25. The molecule has 2 N–H and O–H groups in total. The number of rotatable bonds is 6. The lowest BCUT2D eigenvalue weighted by Crippen LogP contribution is -2.28. The Balaban J connectivity index is 2.09. The number of benzene rings is 1. The van der Waals surface area contributed by atoms with Gasteiger partial charge in [0.25, 0.3) is 5.91 Å². The van der Waals surface area contributed by atoms with Crippen molar-refractivity contribution in [3.05, 3.63) is 29.8 Å². The summed E-state index contributed by atoms with van der Waals surface area (Å²) in [6, 6.07) is 6.76. The van der Waals surface area contributed by atoms with Gasteiger partial charge in [-0.05, 0) is 25.0 Å². The van der Waals surface area contributed by atoms with E-state index in [4.69, 9.17) is 0 Å². The smallest absolute Gasteiger partial charge is 0.253 e. The summed E-state index contributed by atoms with van der Waals surface area (Å²) in [7, 11) is -3.39. The predicted molar refractivity (Wildman–Crippen MR) is 79.9 cm³/mol. The maximum absolute atomic E-state index is 12.1. The first-order chi connectivity index (χ1) is 9.91. The Labute approximate surface area is 123 Å². The third-order valence-electron chi connectivity index (χ3n) is 3.15. The maximum atomic E-state index is 12.1. The number of carbonyl (C=O) groups excluding carboxylic acids is 2. The fourth-order valence-corrected chi connectivity index (χ4v) is 2.44. The van der Waals surface area contributed by atoms with Crippen LogP contribution in [-0.4, -0.2) is 37.8 Å². The molecular weight excluding hydrogens is 292 g/mol. The number of carbonyl (C=O) groups is 2. The van der Waals surface area contributed by atoms with Gasteiger partial charge in [-0.2, -0.15) is 0 Å². The van der Waals surface area contributed by atoms with Gasteiger partial charge in [-0.1, -0.05) is 19.1 Å². The predicted octanol–water partition coefficient (Wildman–Crippen LogP) is 0.952. The first kappa shape index (κ1) is 15.5. The van der Waals surface area contributed by atoms with Crippen LogP contribution in [0.25, 0.3) is 0 Å². The standard InChI is InChI=1S/C14H18N2O4S/c1-2-21(19,20)9-13(17)16-12-6-4-3-5-11(12)14(18)15-10-7-8-10/h3-6,10H,2,7-9H2,1H3,(H,15,18)(H,16,17). The summed E-state index contributed by atoms with van der Waals surface area (Å²) in [6.07, 6.45) is 1.93. The number of hydrogen-bond acceptors (Lipinski definition) is 4. The first-order valence-electron chi connectivity index (χ1n) is 6.81. The molecule has 114 valence electrons. The minimum atomic E-state index is -3.39. The molecule has 21 heavy (non-hydrogen) atoms. The van der Waals surface area contributed by atoms with E-state index in [0.717, 1.165) is 12.8 Å². The van der Waals surface area contributed by atoms with Gasteiger partial charge in [0.15, 0.2) is 9.84 Å². The molecule has 1 aliphatic carbocycles. The third-order valence-corrected chi connectivity index (χ3v) is 4.73. The van der Waals surface area contributed by atoms with Gasteiger partial charge >= 0.3 is 0 Å². The molecule has 0 atom stereocenters. The molecule has 6 nitrogen and oxygen atoms in total. The maximum Gasteiger partial charge on any atom is 0.253 e. The molecule has 7 heteroatoms. The Morgan fingerprint density at radius 2 is 1.90 bits per heavy atom. The SMILES string of the molecule is CCS(=O)(=O)CC(=O)Nc1ccccc1C(=O)NC1CC1. The van der Waals surface area contributed by atoms with Crippen LogP contribution in [0.2, 0.25) is 0 Å². The topological polar surface area (TPSA) is 92.3 Å². The van der Waals surface area contributed by atoms with Crippen LogP contribution in [0.4, 0.5) is 5.69 Å². The van der Waals surface area contributed by atoms with E-state index in [-0.39, 0.29) is 17.7 Å². The van der Waals surface area contributed by atoms with Gasteiger partial charge in [-0.3, -0.25) is 9.59 Å². The monoisotopic (exact) mass is 310 g/mol. The summed E-state index contributed by atoms with van der Waals surface area (Å²) in [6.45, 7) is 1.49. The fourth-order valence-electron chi connectivity index (χ4n) is 1.77. The lowest BCUT2D eigenvalue weighted by molar-refractivity contribution is -0.113. The molecular formula is C14H18N2O4S. The second-order valence-corrected chi connectivity index (χ2v) is 7.37. The Bertz CT molecular complexity index is 651. The second-order valence-electron chi connectivity index (χ2n) is 5.02. The highest BCUT2D eigenvalue weighted by Crippen LogP contribution is 2.21. The van der Waals surface area contributed by atoms with Gasteiger partial charge in [0, 0.05) is 11.8 Å². The quantitative estimate of drug-likeness (QED) is 0.818. The third kappa shape index (κ3) is 4.56. The minimum absolute atomic E-state index is 0.0930. The van der Waals surface area contributed by atoms with E-state index in [1.807, 2.05) is 0 Å². The molecule has 1 aliphatic rings. The van der Waals surface area contributed by atoms with Gasteiger partial charge in [0.05, 0.1) is 11.3 Å². The van der Waals surface area contributed by atoms with Crippen molar-refractivity contribution in [3.8, 4) is 0 Å². The van der Waals surface area contributed by atoms with Crippen LogP contribution in [0.15, 0.2) is 24.3 Å². The van der Waals surface area contributed by atoms with Crippen LogP contribution >= 0.6 is 0 Å². The number of nitrogens with one attached hydrogen (secondary N) is 2. The van der Waals surface area contributed by atoms with Crippen molar-refractivity contribution in [2.75, 3.05) is 16.8 Å². The van der Waals surface area contributed by atoms with Crippen LogP contribution in [0.3, 0.4) is 0 Å². The van der Waals surface area contributed by atoms with Crippen LogP contribution in [-0.2, 0) is 14.6 Å². The van der Waals surface area contributed by atoms with E-state index in [1.165, 1.54) is 6.92 Å². The molecule has 2 rings (SSSR count). The summed E-state index contributed by atoms with van der Waals surface area (Å²) in [5.74, 6) is -1.57. The second kappa shape index (κ2) is 6.26. The van der Waals surface area contributed by atoms with Crippen molar-refractivity contribution in [1.29, 1.82) is 0 Å². The fraction of sp³-hybridized carbons (Fsp3) is 0.429. The van der Waals surface area contributed by atoms with Crippen molar-refractivity contribution in [2.24, 2.45) is 0 Å². The number of para-hydroxylation sites is 1. The Morgan fingerprint density at radius 1 is 1.24 bits per heavy atom. The largest absolute Gasteiger partial charge is 0.349 e. The molecule has 0 aromatic heterocycles. The zero-order chi connectivity index (χ0) is 15.5. The van der Waals surface area contributed by atoms with Crippen molar-refractivity contribution in [2.45, 2.75) is 25.8 Å². The number of anilines is 1. The zero-order valence-corrected chi connectivity index (χ0v) is 12.6. The summed E-state index contributed by atoms with van der Waals surface area (Å²) in [5, 5.41) is 5.33. The number of amides is 2.